The highest BCUT2D eigenvalue weighted by Gasteiger charge is 2.12. The van der Waals surface area contributed by atoms with Crippen molar-refractivity contribution in [2.24, 2.45) is 0 Å². The lowest BCUT2D eigenvalue weighted by molar-refractivity contribution is 0.669. The minimum atomic E-state index is 0.947. The highest BCUT2D eigenvalue weighted by Crippen LogP contribution is 2.40. The summed E-state index contributed by atoms with van der Waals surface area (Å²) in [6.07, 6.45) is 4.02. The van der Waals surface area contributed by atoms with Crippen LogP contribution in [-0.2, 0) is 0 Å². The van der Waals surface area contributed by atoms with Gasteiger partial charge in [-0.05, 0) is 48.4 Å². The van der Waals surface area contributed by atoms with Crippen molar-refractivity contribution < 1.29 is 4.42 Å². The third-order valence-electron chi connectivity index (χ3n) is 4.83. The first-order valence-electron chi connectivity index (χ1n) is 8.35. The minimum absolute atomic E-state index is 0.947. The van der Waals surface area contributed by atoms with E-state index in [9.17, 15) is 0 Å². The van der Waals surface area contributed by atoms with E-state index in [0.717, 1.165) is 16.7 Å². The summed E-state index contributed by atoms with van der Waals surface area (Å²) in [4.78, 5) is 0. The fraction of sp³-hybridized carbons (Fsp3) is 0.0435. The fourth-order valence-electron chi connectivity index (χ4n) is 3.58. The van der Waals surface area contributed by atoms with Gasteiger partial charge in [-0.3, -0.25) is 0 Å². The molecule has 3 aromatic carbocycles. The summed E-state index contributed by atoms with van der Waals surface area (Å²) in [6, 6.07) is 19.4. The molecular weight excluding hydrogens is 324 g/mol. The topological polar surface area (TPSA) is 13.1 Å². The molecule has 5 aromatic rings. The van der Waals surface area contributed by atoms with Gasteiger partial charge in [0.2, 0.25) is 0 Å². The van der Waals surface area contributed by atoms with Crippen LogP contribution in [0.4, 0.5) is 0 Å². The van der Waals surface area contributed by atoms with Crippen molar-refractivity contribution in [2.45, 2.75) is 6.92 Å². The molecule has 2 heterocycles. The lowest BCUT2D eigenvalue weighted by Gasteiger charge is -2.02. The van der Waals surface area contributed by atoms with Crippen molar-refractivity contribution >= 4 is 59.0 Å². The van der Waals surface area contributed by atoms with Crippen molar-refractivity contribution in [3.05, 3.63) is 78.9 Å². The molecule has 25 heavy (non-hydrogen) atoms. The number of benzene rings is 3. The lowest BCUT2D eigenvalue weighted by atomic mass is 10.0. The number of thiophene rings is 1. The normalized spacial score (nSPS) is 12.6. The Hall–Kier alpha value is -2.84. The highest BCUT2D eigenvalue weighted by atomic mass is 32.1. The molecule has 0 fully saturated rings. The van der Waals surface area contributed by atoms with Crippen LogP contribution in [0.2, 0.25) is 0 Å². The van der Waals surface area contributed by atoms with Gasteiger partial charge in [0, 0.05) is 30.9 Å². The van der Waals surface area contributed by atoms with Crippen LogP contribution in [-0.4, -0.2) is 0 Å². The maximum atomic E-state index is 6.04. The van der Waals surface area contributed by atoms with Crippen molar-refractivity contribution in [1.82, 2.24) is 0 Å². The predicted octanol–water partition coefficient (Wildman–Crippen LogP) is 7.54. The molecule has 0 aliphatic heterocycles. The summed E-state index contributed by atoms with van der Waals surface area (Å²) in [5.74, 6) is 0. The van der Waals surface area contributed by atoms with E-state index in [1.165, 1.54) is 36.5 Å². The molecule has 0 atom stereocenters. The van der Waals surface area contributed by atoms with Gasteiger partial charge in [-0.2, -0.15) is 0 Å². The highest BCUT2D eigenvalue weighted by molar-refractivity contribution is 7.25. The third kappa shape index (κ3) is 2.08. The van der Waals surface area contributed by atoms with Crippen molar-refractivity contribution in [3.63, 3.8) is 0 Å². The Morgan fingerprint density at radius 2 is 1.72 bits per heavy atom. The smallest absolute Gasteiger partial charge is 0.136 e. The van der Waals surface area contributed by atoms with Crippen LogP contribution in [0.1, 0.15) is 12.5 Å². The Labute approximate surface area is 149 Å². The van der Waals surface area contributed by atoms with E-state index in [0.29, 0.717) is 0 Å². The third-order valence-corrected chi connectivity index (χ3v) is 5.97. The summed E-state index contributed by atoms with van der Waals surface area (Å²) < 4.78 is 8.60. The first-order valence-corrected chi connectivity index (χ1v) is 9.17. The second-order valence-electron chi connectivity index (χ2n) is 6.20. The summed E-state index contributed by atoms with van der Waals surface area (Å²) in [5.41, 5.74) is 4.28. The summed E-state index contributed by atoms with van der Waals surface area (Å²) in [5, 5.41) is 4.95. The van der Waals surface area contributed by atoms with Gasteiger partial charge >= 0.3 is 0 Å². The van der Waals surface area contributed by atoms with Gasteiger partial charge in [0.25, 0.3) is 0 Å². The molecule has 2 heteroatoms. The number of hydrogen-bond donors (Lipinski definition) is 0. The van der Waals surface area contributed by atoms with Gasteiger partial charge in [-0.1, -0.05) is 43.0 Å². The standard InChI is InChI=1S/C23H16OS/c1-3-14(4-2)15-9-10-22-18(11-15)19-12-17-16-7-5-6-8-20(16)24-21(17)13-23(19)25-22/h3-13H,1H2,2H3/b14-4+. The molecule has 0 aliphatic rings. The first-order chi connectivity index (χ1) is 12.3. The monoisotopic (exact) mass is 340 g/mol. The SMILES string of the molecule is C=C/C(=C\C)c1ccc2sc3cc4oc5ccccc5c4cc3c2c1. The second-order valence-corrected chi connectivity index (χ2v) is 7.29. The Morgan fingerprint density at radius 1 is 0.880 bits per heavy atom. The van der Waals surface area contributed by atoms with E-state index in [1.807, 2.05) is 36.5 Å². The molecule has 120 valence electrons. The van der Waals surface area contributed by atoms with Crippen LogP contribution < -0.4 is 0 Å². The summed E-state index contributed by atoms with van der Waals surface area (Å²) >= 11 is 1.82. The van der Waals surface area contributed by atoms with E-state index in [4.69, 9.17) is 4.42 Å². The maximum absolute atomic E-state index is 6.04. The van der Waals surface area contributed by atoms with Gasteiger partial charge in [-0.15, -0.1) is 11.3 Å². The lowest BCUT2D eigenvalue weighted by Crippen LogP contribution is -1.79. The molecule has 0 spiro atoms. The molecule has 0 unspecified atom stereocenters. The quantitative estimate of drug-likeness (QED) is 0.302. The molecule has 0 radical (unpaired) electrons. The van der Waals surface area contributed by atoms with Crippen LogP contribution in [0.25, 0.3) is 47.7 Å². The van der Waals surface area contributed by atoms with E-state index in [-0.39, 0.29) is 0 Å². The van der Waals surface area contributed by atoms with Gasteiger partial charge in [0.15, 0.2) is 0 Å². The average Bonchev–Trinajstić information content (AvgIpc) is 3.18. The van der Waals surface area contributed by atoms with Crippen LogP contribution in [0.15, 0.2) is 77.7 Å². The Balaban J connectivity index is 1.88. The minimum Gasteiger partial charge on any atom is -0.456 e. The Bertz CT molecular complexity index is 1310. The van der Waals surface area contributed by atoms with E-state index >= 15 is 0 Å². The summed E-state index contributed by atoms with van der Waals surface area (Å²) in [7, 11) is 0. The zero-order chi connectivity index (χ0) is 17.0. The molecule has 0 bridgehead atoms. The van der Waals surface area contributed by atoms with Crippen molar-refractivity contribution in [2.75, 3.05) is 0 Å². The molecular formula is C23H16OS. The van der Waals surface area contributed by atoms with Gasteiger partial charge in [0.1, 0.15) is 11.2 Å². The zero-order valence-corrected chi connectivity index (χ0v) is 14.7. The molecule has 5 rings (SSSR count). The van der Waals surface area contributed by atoms with Gasteiger partial charge in [0.05, 0.1) is 0 Å². The second kappa shape index (κ2) is 5.33. The van der Waals surface area contributed by atoms with E-state index < -0.39 is 0 Å². The van der Waals surface area contributed by atoms with Crippen molar-refractivity contribution in [1.29, 1.82) is 0 Å². The number of para-hydroxylation sites is 1. The van der Waals surface area contributed by atoms with E-state index in [2.05, 4.69) is 55.1 Å². The van der Waals surface area contributed by atoms with E-state index in [1.54, 1.807) is 0 Å². The number of furan rings is 1. The molecule has 2 aromatic heterocycles. The molecule has 0 N–H and O–H groups in total. The largest absolute Gasteiger partial charge is 0.456 e. The number of hydrogen-bond acceptors (Lipinski definition) is 2. The van der Waals surface area contributed by atoms with Gasteiger partial charge in [-0.25, -0.2) is 0 Å². The maximum Gasteiger partial charge on any atom is 0.136 e. The molecule has 1 nitrogen and oxygen atoms in total. The molecule has 0 aliphatic carbocycles. The number of fused-ring (bicyclic) bond motifs is 6. The average molecular weight is 340 g/mol. The number of allylic oxidation sites excluding steroid dienone is 3. The van der Waals surface area contributed by atoms with Crippen LogP contribution >= 0.6 is 11.3 Å². The number of rotatable bonds is 2. The first kappa shape index (κ1) is 14.5. The zero-order valence-electron chi connectivity index (χ0n) is 13.9. The predicted molar refractivity (Wildman–Crippen MR) is 110 cm³/mol. The Kier molecular flexibility index (Phi) is 3.09. The summed E-state index contributed by atoms with van der Waals surface area (Å²) in [6.45, 7) is 5.98. The fourth-order valence-corrected chi connectivity index (χ4v) is 4.67. The van der Waals surface area contributed by atoms with Crippen molar-refractivity contribution in [3.8, 4) is 0 Å². The van der Waals surface area contributed by atoms with Gasteiger partial charge < -0.3 is 4.42 Å². The molecule has 0 amide bonds. The van der Waals surface area contributed by atoms with Crippen LogP contribution in [0.5, 0.6) is 0 Å². The van der Waals surface area contributed by atoms with Crippen LogP contribution in [0, 0.1) is 0 Å². The molecule has 0 saturated carbocycles. The van der Waals surface area contributed by atoms with Crippen LogP contribution in [0.3, 0.4) is 0 Å². The molecule has 0 saturated heterocycles. The Morgan fingerprint density at radius 3 is 2.56 bits per heavy atom.